The molecule has 0 bridgehead atoms. The summed E-state index contributed by atoms with van der Waals surface area (Å²) >= 11 is 19.8. The molecule has 2 heterocycles. The second kappa shape index (κ2) is 15.1. The smallest absolute Gasteiger partial charge is 0.342 e. The van der Waals surface area contributed by atoms with Crippen LogP contribution in [0.1, 0.15) is 111 Å². The van der Waals surface area contributed by atoms with Gasteiger partial charge in [0.05, 0.1) is 6.10 Å². The summed E-state index contributed by atoms with van der Waals surface area (Å²) < 4.78 is 14.0. The summed E-state index contributed by atoms with van der Waals surface area (Å²) in [6.45, 7) is 19.9. The molecular formula is C37H52Cl3N3O4. The molecule has 7 nitrogen and oxygen atoms in total. The maximum Gasteiger partial charge on any atom is 0.342 e. The normalized spacial score (nSPS) is 21.2. The molecule has 2 N–H and O–H groups in total. The number of ether oxygens (including phenoxy) is 2. The summed E-state index contributed by atoms with van der Waals surface area (Å²) in [5, 5.41) is 3.63. The minimum Gasteiger partial charge on any atom is -0.458 e. The molecule has 0 aliphatic heterocycles. The van der Waals surface area contributed by atoms with E-state index >= 15 is 0 Å². The number of benzene rings is 1. The maximum absolute atomic E-state index is 14.7. The lowest BCUT2D eigenvalue weighted by Crippen LogP contribution is -2.49. The van der Waals surface area contributed by atoms with E-state index in [4.69, 9.17) is 44.3 Å². The molecule has 260 valence electrons. The number of fused-ring (bicyclic) bond motifs is 1. The molecule has 1 aromatic carbocycles. The van der Waals surface area contributed by atoms with E-state index in [1.807, 2.05) is 0 Å². The van der Waals surface area contributed by atoms with E-state index in [9.17, 15) is 9.59 Å². The maximum atomic E-state index is 14.7. The van der Waals surface area contributed by atoms with E-state index in [0.717, 1.165) is 38.5 Å². The summed E-state index contributed by atoms with van der Waals surface area (Å²) in [5.74, 6) is 0.450. The number of nitrogens with one attached hydrogen (secondary N) is 2. The number of carbonyl (C=O) groups excluding carboxylic acids is 1. The van der Waals surface area contributed by atoms with Gasteiger partial charge in [-0.05, 0) is 60.1 Å². The van der Waals surface area contributed by atoms with E-state index in [0.29, 0.717) is 22.1 Å². The zero-order valence-electron chi connectivity index (χ0n) is 29.4. The number of rotatable bonds is 11. The molecule has 0 spiro atoms. The number of halogens is 3. The summed E-state index contributed by atoms with van der Waals surface area (Å²) in [6, 6.07) is 7.00. The fourth-order valence-electron chi connectivity index (χ4n) is 7.05. The highest BCUT2D eigenvalue weighted by Gasteiger charge is 2.48. The van der Waals surface area contributed by atoms with E-state index in [1.165, 1.54) is 4.40 Å². The number of esters is 1. The molecule has 10 heteroatoms. The summed E-state index contributed by atoms with van der Waals surface area (Å²) in [6.07, 6.45) is 5.59. The Morgan fingerprint density at radius 2 is 1.62 bits per heavy atom. The molecule has 3 atom stereocenters. The third-order valence-electron chi connectivity index (χ3n) is 9.78. The van der Waals surface area contributed by atoms with Crippen molar-refractivity contribution in [3.05, 3.63) is 55.4 Å². The van der Waals surface area contributed by atoms with Crippen molar-refractivity contribution < 1.29 is 14.3 Å². The van der Waals surface area contributed by atoms with Crippen molar-refractivity contribution in [2.24, 2.45) is 28.6 Å². The zero-order chi connectivity index (χ0) is 34.8. The molecule has 3 aromatic rings. The van der Waals surface area contributed by atoms with Gasteiger partial charge in [0, 0.05) is 22.4 Å². The Labute approximate surface area is 295 Å². The molecule has 1 aliphatic carbocycles. The number of hydrogen-bond acceptors (Lipinski definition) is 5. The van der Waals surface area contributed by atoms with E-state index in [2.05, 4.69) is 72.6 Å². The number of unbranched alkanes of at least 4 members (excludes halogenated alkanes) is 1. The van der Waals surface area contributed by atoms with Gasteiger partial charge in [-0.3, -0.25) is 4.79 Å². The van der Waals surface area contributed by atoms with Crippen LogP contribution in [0.2, 0.25) is 15.2 Å². The topological polar surface area (TPSA) is 84.8 Å². The second-order valence-corrected chi connectivity index (χ2v) is 16.6. The number of carbonyl (C=O) groups is 1. The minimum absolute atomic E-state index is 0.0582. The monoisotopic (exact) mass is 707 g/mol. The molecule has 2 aromatic heterocycles. The molecule has 47 heavy (non-hydrogen) atoms. The molecule has 3 unspecified atom stereocenters. The van der Waals surface area contributed by atoms with Gasteiger partial charge in [-0.25, -0.2) is 9.20 Å². The first kappa shape index (κ1) is 37.6. The van der Waals surface area contributed by atoms with Crippen LogP contribution in [-0.4, -0.2) is 34.3 Å². The third-order valence-corrected chi connectivity index (χ3v) is 10.7. The molecule has 1 saturated carbocycles. The van der Waals surface area contributed by atoms with Gasteiger partial charge in [0.1, 0.15) is 40.0 Å². The summed E-state index contributed by atoms with van der Waals surface area (Å²) in [4.78, 5) is 31.7. The molecule has 1 aliphatic rings. The summed E-state index contributed by atoms with van der Waals surface area (Å²) in [7, 11) is 0. The lowest BCUT2D eigenvalue weighted by molar-refractivity contribution is -0.0922. The molecule has 0 radical (unpaired) electrons. The van der Waals surface area contributed by atoms with Crippen molar-refractivity contribution in [1.82, 2.24) is 9.38 Å². The second-order valence-electron chi connectivity index (χ2n) is 15.4. The fraction of sp³-hybridized carbons (Fsp3) is 0.622. The van der Waals surface area contributed by atoms with Crippen LogP contribution in [0.3, 0.4) is 0 Å². The number of H-pyrrole nitrogens is 1. The predicted molar refractivity (Wildman–Crippen MR) is 195 cm³/mol. The van der Waals surface area contributed by atoms with Crippen molar-refractivity contribution in [3.63, 3.8) is 0 Å². The van der Waals surface area contributed by atoms with Crippen LogP contribution in [-0.2, 0) is 9.47 Å². The van der Waals surface area contributed by atoms with Crippen LogP contribution in [0.4, 0.5) is 5.82 Å². The van der Waals surface area contributed by atoms with Crippen LogP contribution < -0.4 is 10.9 Å². The van der Waals surface area contributed by atoms with Crippen molar-refractivity contribution in [3.8, 4) is 11.1 Å². The highest BCUT2D eigenvalue weighted by atomic mass is 35.5. The van der Waals surface area contributed by atoms with Gasteiger partial charge in [0.25, 0.3) is 5.56 Å². The first-order valence-corrected chi connectivity index (χ1v) is 18.1. The van der Waals surface area contributed by atoms with E-state index < -0.39 is 11.5 Å². The molecule has 0 amide bonds. The number of aromatic nitrogens is 2. The fourth-order valence-corrected chi connectivity index (χ4v) is 7.74. The van der Waals surface area contributed by atoms with Gasteiger partial charge in [-0.2, -0.15) is 0 Å². The average Bonchev–Trinajstić information content (AvgIpc) is 3.28. The van der Waals surface area contributed by atoms with Crippen molar-refractivity contribution in [1.29, 1.82) is 0 Å². The van der Waals surface area contributed by atoms with Crippen LogP contribution in [0, 0.1) is 28.6 Å². The number of nitrogens with zero attached hydrogens (tertiary/aromatic N) is 1. The Morgan fingerprint density at radius 3 is 2.15 bits per heavy atom. The Morgan fingerprint density at radius 1 is 1.02 bits per heavy atom. The summed E-state index contributed by atoms with van der Waals surface area (Å²) in [5.41, 5.74) is 0.597. The Hall–Kier alpha value is -2.19. The number of hydrogen-bond donors (Lipinski definition) is 2. The van der Waals surface area contributed by atoms with Crippen LogP contribution in [0.5, 0.6) is 0 Å². The van der Waals surface area contributed by atoms with Crippen molar-refractivity contribution >= 4 is 52.2 Å². The lowest BCUT2D eigenvalue weighted by atomic mass is 9.59. The third kappa shape index (κ3) is 8.34. The first-order chi connectivity index (χ1) is 22.0. The number of aromatic amines is 1. The molecule has 4 rings (SSSR count). The minimum atomic E-state index is -0.563. The first-order valence-electron chi connectivity index (χ1n) is 17.0. The van der Waals surface area contributed by atoms with Crippen LogP contribution in [0.25, 0.3) is 16.8 Å². The molecular weight excluding hydrogens is 657 g/mol. The lowest BCUT2D eigenvalue weighted by Gasteiger charge is -2.50. The van der Waals surface area contributed by atoms with Crippen molar-refractivity contribution in [2.45, 2.75) is 113 Å². The zero-order valence-corrected chi connectivity index (χ0v) is 31.6. The SMILES string of the molecule is CCCCC(CC)OCNc1[nH]c2c(C(=O)OC3C(C(C)(C)C)CC(C)CC3C(C)(C)C)c(-c3ccc(Cl)cc3)c(Cl)n2c(=O)c1Cl. The highest BCUT2D eigenvalue weighted by molar-refractivity contribution is 6.35. The Bertz CT molecular complexity index is 1580. The van der Waals surface area contributed by atoms with Crippen LogP contribution in [0.15, 0.2) is 29.1 Å². The Kier molecular flexibility index (Phi) is 12.1. The Balaban J connectivity index is 1.86. The highest BCUT2D eigenvalue weighted by Crippen LogP contribution is 2.50. The van der Waals surface area contributed by atoms with Crippen molar-refractivity contribution in [2.75, 3.05) is 12.0 Å². The van der Waals surface area contributed by atoms with E-state index in [-0.39, 0.29) is 68.8 Å². The van der Waals surface area contributed by atoms with Gasteiger partial charge in [0.15, 0.2) is 0 Å². The average molecular weight is 709 g/mol. The number of anilines is 1. The van der Waals surface area contributed by atoms with Crippen LogP contribution >= 0.6 is 34.8 Å². The molecule has 0 saturated heterocycles. The predicted octanol–water partition coefficient (Wildman–Crippen LogP) is 10.9. The van der Waals surface area contributed by atoms with E-state index in [1.54, 1.807) is 24.3 Å². The standard InChI is InChI=1S/C37H52Cl3N3O4/c1-10-12-13-24(11-2)46-20-41-32-29(39)34(44)43-31(40)27(22-14-16-23(38)17-15-22)28(33(43)42-32)35(45)47-30-25(36(4,5)6)18-21(3)19-26(30)37(7,8)9/h14-17,21,24-26,30,41-42H,10-13,18-20H2,1-9H3. The van der Waals surface area contributed by atoms with Gasteiger partial charge < -0.3 is 19.8 Å². The van der Waals surface area contributed by atoms with Gasteiger partial charge in [-0.1, -0.05) is 122 Å². The van der Waals surface area contributed by atoms with Gasteiger partial charge in [-0.15, -0.1) is 0 Å². The molecule has 1 fully saturated rings. The van der Waals surface area contributed by atoms with Gasteiger partial charge >= 0.3 is 5.97 Å². The van der Waals surface area contributed by atoms with Gasteiger partial charge in [0.2, 0.25) is 0 Å². The quantitative estimate of drug-likeness (QED) is 0.153. The largest absolute Gasteiger partial charge is 0.458 e.